The van der Waals surface area contributed by atoms with E-state index in [1.807, 2.05) is 26.2 Å². The summed E-state index contributed by atoms with van der Waals surface area (Å²) >= 11 is 0. The molecule has 186 valence electrons. The highest BCUT2D eigenvalue weighted by molar-refractivity contribution is 5.87. The fraction of sp³-hybridized carbons (Fsp3) is 0.474. The van der Waals surface area contributed by atoms with Crippen molar-refractivity contribution in [3.05, 3.63) is 34.9 Å². The molecule has 2 aromatic rings. The van der Waals surface area contributed by atoms with E-state index < -0.39 is 48.4 Å². The highest BCUT2D eigenvalue weighted by Gasteiger charge is 2.38. The molecule has 0 spiro atoms. The summed E-state index contributed by atoms with van der Waals surface area (Å²) < 4.78 is 0. The number of carboxylic acid groups (broad SMARTS) is 4. The third-order valence-electron chi connectivity index (χ3n) is 3.90. The standard InChI is InChI=1S/C6H8O7.2C5H8N2.C3H6O3/c7-3(8)1-6(13,5(11)12)2-4(9)10;2*1-4-3-6-7-5(4)2;1-2(4)3(5)6/h13H,1-2H2,(H,7,8)(H,9,10)(H,11,12);2*3H,1-2H3,(H,6,7);2,4H,1H3,(H,5,6). The molecular formula is C19H30N4O10. The Labute approximate surface area is 188 Å². The number of H-pyrrole nitrogens is 4. The molecule has 14 heteroatoms. The van der Waals surface area contributed by atoms with E-state index in [2.05, 4.69) is 34.2 Å². The van der Waals surface area contributed by atoms with E-state index in [4.69, 9.17) is 20.4 Å². The van der Waals surface area contributed by atoms with Gasteiger partial charge in [0.15, 0.2) is 18.0 Å². The van der Waals surface area contributed by atoms with Crippen LogP contribution in [0.1, 0.15) is 42.3 Å². The van der Waals surface area contributed by atoms with Crippen LogP contribution in [0.2, 0.25) is 0 Å². The van der Waals surface area contributed by atoms with Crippen LogP contribution in [-0.4, -0.2) is 66.2 Å². The van der Waals surface area contributed by atoms with Gasteiger partial charge < -0.3 is 40.2 Å². The lowest BCUT2D eigenvalue weighted by Crippen LogP contribution is -2.45. The molecule has 0 aliphatic rings. The van der Waals surface area contributed by atoms with Gasteiger partial charge in [0.25, 0.3) is 0 Å². The monoisotopic (exact) mass is 474 g/mol. The van der Waals surface area contributed by atoms with Gasteiger partial charge in [-0.3, -0.25) is 4.79 Å². The summed E-state index contributed by atoms with van der Waals surface area (Å²) in [7, 11) is 0. The Hall–Kier alpha value is -3.78. The van der Waals surface area contributed by atoms with Crippen LogP contribution in [0.3, 0.4) is 0 Å². The van der Waals surface area contributed by atoms with Crippen molar-refractivity contribution in [1.29, 1.82) is 0 Å². The number of carboxylic acids is 4. The van der Waals surface area contributed by atoms with Crippen molar-refractivity contribution in [2.24, 2.45) is 0 Å². The fourth-order valence-electron chi connectivity index (χ4n) is 1.62. The number of aliphatic hydroxyl groups excluding tert-OH is 1. The molecule has 0 aliphatic carbocycles. The Bertz CT molecular complexity index is 817. The van der Waals surface area contributed by atoms with Gasteiger partial charge in [-0.05, 0) is 34.6 Å². The maximum absolute atomic E-state index is 10.3. The maximum atomic E-state index is 10.3. The van der Waals surface area contributed by atoms with Crippen LogP contribution in [0.25, 0.3) is 0 Å². The van der Waals surface area contributed by atoms with Crippen molar-refractivity contribution in [3.8, 4) is 0 Å². The number of aliphatic carboxylic acids is 4. The van der Waals surface area contributed by atoms with Crippen LogP contribution in [0.5, 0.6) is 0 Å². The number of nitrogens with one attached hydrogen (secondary N) is 4. The second kappa shape index (κ2) is 15.1. The summed E-state index contributed by atoms with van der Waals surface area (Å²) in [6.07, 6.45) is 0.0975. The Morgan fingerprint density at radius 1 is 0.939 bits per heavy atom. The first-order chi connectivity index (χ1) is 15.0. The molecule has 2 unspecified atom stereocenters. The van der Waals surface area contributed by atoms with Gasteiger partial charge >= 0.3 is 11.9 Å². The smallest absolute Gasteiger partial charge is 0.336 e. The minimum Gasteiger partial charge on any atom is -0.550 e. The van der Waals surface area contributed by atoms with Crippen LogP contribution >= 0.6 is 0 Å². The normalized spacial score (nSPS) is 12.2. The van der Waals surface area contributed by atoms with Crippen molar-refractivity contribution in [3.63, 3.8) is 0 Å². The number of aromatic amines is 4. The highest BCUT2D eigenvalue weighted by atomic mass is 16.4. The lowest BCUT2D eigenvalue weighted by Gasteiger charge is -2.21. The molecule has 8 N–H and O–H groups in total. The largest absolute Gasteiger partial charge is 0.550 e. The Balaban J connectivity index is 0. The first kappa shape index (κ1) is 31.4. The molecule has 2 aromatic heterocycles. The van der Waals surface area contributed by atoms with Gasteiger partial charge in [0.1, 0.15) is 0 Å². The molecule has 14 nitrogen and oxygen atoms in total. The molecule has 2 rings (SSSR count). The lowest BCUT2D eigenvalue weighted by molar-refractivity contribution is -0.450. The van der Waals surface area contributed by atoms with Crippen LogP contribution < -0.4 is 20.4 Å². The number of rotatable bonds is 6. The summed E-state index contributed by atoms with van der Waals surface area (Å²) in [5.74, 6) is -6.77. The fourth-order valence-corrected chi connectivity index (χ4v) is 1.62. The molecule has 0 saturated carbocycles. The minimum atomic E-state index is -2.80. The zero-order valence-corrected chi connectivity index (χ0v) is 18.9. The summed E-state index contributed by atoms with van der Waals surface area (Å²) in [6, 6.07) is 0. The van der Waals surface area contributed by atoms with Gasteiger partial charge in [0.05, 0.1) is 29.9 Å². The second-order valence-corrected chi connectivity index (χ2v) is 6.89. The van der Waals surface area contributed by atoms with Crippen molar-refractivity contribution in [2.75, 3.05) is 0 Å². The van der Waals surface area contributed by atoms with E-state index in [-0.39, 0.29) is 0 Å². The van der Waals surface area contributed by atoms with Gasteiger partial charge in [0.2, 0.25) is 0 Å². The topological polar surface area (TPSA) is 255 Å². The Kier molecular flexibility index (Phi) is 14.4. The predicted octanol–water partition coefficient (Wildman–Crippen LogP) is -3.57. The Morgan fingerprint density at radius 3 is 1.42 bits per heavy atom. The van der Waals surface area contributed by atoms with Crippen LogP contribution in [0, 0.1) is 27.7 Å². The SMILES string of the molecule is CC(O)C(=O)[O-].Cc1c[nH+][nH]c1C.Cc1c[nH+][nH]c1C.O=C([O-])CC(O)(CC(=O)O)C(=O)O. The summed E-state index contributed by atoms with van der Waals surface area (Å²) in [5, 5.41) is 64.4. The molecular weight excluding hydrogens is 444 g/mol. The number of carbonyl (C=O) groups excluding carboxylic acids is 2. The molecule has 2 heterocycles. The van der Waals surface area contributed by atoms with Crippen LogP contribution in [0.4, 0.5) is 0 Å². The molecule has 0 amide bonds. The van der Waals surface area contributed by atoms with Crippen molar-refractivity contribution in [2.45, 2.75) is 59.2 Å². The molecule has 0 aliphatic heterocycles. The van der Waals surface area contributed by atoms with Crippen LogP contribution in [-0.2, 0) is 19.2 Å². The molecule has 0 radical (unpaired) electrons. The van der Waals surface area contributed by atoms with Gasteiger partial charge in [-0.25, -0.2) is 4.79 Å². The molecule has 0 fully saturated rings. The molecule has 0 bridgehead atoms. The summed E-state index contributed by atoms with van der Waals surface area (Å²) in [5.41, 5.74) is 2.17. The number of hydrogen-bond acceptors (Lipinski definition) is 8. The van der Waals surface area contributed by atoms with Crippen molar-refractivity contribution >= 4 is 23.9 Å². The van der Waals surface area contributed by atoms with E-state index >= 15 is 0 Å². The zero-order chi connectivity index (χ0) is 26.4. The molecule has 0 saturated heterocycles. The average molecular weight is 474 g/mol. The van der Waals surface area contributed by atoms with E-state index in [0.717, 1.165) is 6.92 Å². The lowest BCUT2D eigenvalue weighted by atomic mass is 9.96. The number of aromatic nitrogens is 4. The predicted molar refractivity (Wildman–Crippen MR) is 105 cm³/mol. The summed E-state index contributed by atoms with van der Waals surface area (Å²) in [4.78, 5) is 39.7. The Morgan fingerprint density at radius 2 is 1.30 bits per heavy atom. The zero-order valence-electron chi connectivity index (χ0n) is 18.9. The first-order valence-electron chi connectivity index (χ1n) is 9.34. The molecule has 0 aromatic carbocycles. The first-order valence-corrected chi connectivity index (χ1v) is 9.34. The van der Waals surface area contributed by atoms with E-state index in [9.17, 15) is 29.4 Å². The van der Waals surface area contributed by atoms with E-state index in [0.29, 0.717) is 0 Å². The summed E-state index contributed by atoms with van der Waals surface area (Å²) in [6.45, 7) is 9.32. The number of hydrogen-bond donors (Lipinski definition) is 6. The number of aryl methyl sites for hydroxylation is 4. The van der Waals surface area contributed by atoms with Gasteiger partial charge in [-0.1, -0.05) is 0 Å². The van der Waals surface area contributed by atoms with Crippen LogP contribution in [0.15, 0.2) is 12.4 Å². The highest BCUT2D eigenvalue weighted by Crippen LogP contribution is 2.15. The maximum Gasteiger partial charge on any atom is 0.336 e. The third-order valence-corrected chi connectivity index (χ3v) is 3.90. The van der Waals surface area contributed by atoms with Crippen molar-refractivity contribution in [1.82, 2.24) is 10.2 Å². The third kappa shape index (κ3) is 14.8. The quantitative estimate of drug-likeness (QED) is 0.240. The minimum absolute atomic E-state index is 1.13. The number of aliphatic hydroxyl groups is 2. The average Bonchev–Trinajstić information content (AvgIpc) is 3.22. The van der Waals surface area contributed by atoms with Gasteiger partial charge in [0, 0.05) is 23.5 Å². The molecule has 33 heavy (non-hydrogen) atoms. The molecule has 2 atom stereocenters. The van der Waals surface area contributed by atoms with Gasteiger partial charge in [-0.2, -0.15) is 10.2 Å². The van der Waals surface area contributed by atoms with E-state index in [1.165, 1.54) is 22.5 Å². The van der Waals surface area contributed by atoms with E-state index in [1.54, 1.807) is 0 Å². The van der Waals surface area contributed by atoms with Crippen molar-refractivity contribution < 1.29 is 60.0 Å². The number of carbonyl (C=O) groups is 4. The second-order valence-electron chi connectivity index (χ2n) is 6.89. The van der Waals surface area contributed by atoms with Gasteiger partial charge in [-0.15, -0.1) is 10.2 Å².